The first-order chi connectivity index (χ1) is 10.6. The predicted octanol–water partition coefficient (Wildman–Crippen LogP) is 3.03. The molecule has 1 atom stereocenters. The summed E-state index contributed by atoms with van der Waals surface area (Å²) in [5, 5.41) is 4.33. The molecule has 0 spiro atoms. The van der Waals surface area contributed by atoms with Crippen LogP contribution in [-0.4, -0.2) is 32.7 Å². The summed E-state index contributed by atoms with van der Waals surface area (Å²) in [5.74, 6) is 1.68. The van der Waals surface area contributed by atoms with Crippen LogP contribution >= 0.6 is 0 Å². The first-order valence-corrected chi connectivity index (χ1v) is 7.55. The van der Waals surface area contributed by atoms with Gasteiger partial charge in [-0.25, -0.2) is 4.98 Å². The molecule has 22 heavy (non-hydrogen) atoms. The van der Waals surface area contributed by atoms with Crippen LogP contribution in [0, 0.1) is 5.41 Å². The monoisotopic (exact) mass is 293 g/mol. The third-order valence-corrected chi connectivity index (χ3v) is 4.59. The number of aromatic nitrogens is 4. The van der Waals surface area contributed by atoms with E-state index < -0.39 is 0 Å². The van der Waals surface area contributed by atoms with Crippen molar-refractivity contribution in [1.82, 2.24) is 19.6 Å². The van der Waals surface area contributed by atoms with Crippen molar-refractivity contribution in [2.24, 2.45) is 5.41 Å². The molecule has 0 bridgehead atoms. The van der Waals surface area contributed by atoms with Crippen molar-refractivity contribution in [1.29, 1.82) is 0 Å². The summed E-state index contributed by atoms with van der Waals surface area (Å²) in [6.07, 6.45) is 2.76. The Hall–Kier alpha value is -2.43. The topological polar surface area (TPSA) is 46.3 Å². The summed E-state index contributed by atoms with van der Waals surface area (Å²) in [7, 11) is 2.13. The van der Waals surface area contributed by atoms with Gasteiger partial charge < -0.3 is 4.90 Å². The van der Waals surface area contributed by atoms with E-state index in [9.17, 15) is 0 Å². The molecular weight excluding hydrogens is 274 g/mol. The van der Waals surface area contributed by atoms with E-state index in [-0.39, 0.29) is 0 Å². The smallest absolute Gasteiger partial charge is 0.254 e. The molecular formula is C17H19N5. The molecule has 1 saturated carbocycles. The van der Waals surface area contributed by atoms with E-state index in [0.29, 0.717) is 17.2 Å². The number of nitrogens with zero attached hydrogens (tertiary/aromatic N) is 5. The predicted molar refractivity (Wildman–Crippen MR) is 86.8 cm³/mol. The number of rotatable bonds is 3. The molecule has 0 amide bonds. The fourth-order valence-corrected chi connectivity index (χ4v) is 3.06. The highest BCUT2D eigenvalue weighted by Gasteiger charge is 2.49. The van der Waals surface area contributed by atoms with Gasteiger partial charge in [0, 0.05) is 24.7 Å². The molecule has 0 N–H and O–H groups in total. The average Bonchev–Trinajstić information content (AvgIpc) is 2.95. The van der Waals surface area contributed by atoms with Gasteiger partial charge in [0.15, 0.2) is 0 Å². The average molecular weight is 293 g/mol. The van der Waals surface area contributed by atoms with E-state index in [1.807, 2.05) is 22.7 Å². The van der Waals surface area contributed by atoms with Crippen molar-refractivity contribution in [2.45, 2.75) is 26.3 Å². The van der Waals surface area contributed by atoms with Gasteiger partial charge in [0.1, 0.15) is 12.1 Å². The van der Waals surface area contributed by atoms with Crippen LogP contribution < -0.4 is 4.90 Å². The van der Waals surface area contributed by atoms with Gasteiger partial charge in [-0.05, 0) is 11.8 Å². The number of anilines is 1. The molecule has 5 nitrogen and oxygen atoms in total. The van der Waals surface area contributed by atoms with Crippen LogP contribution in [0.1, 0.15) is 20.3 Å². The van der Waals surface area contributed by atoms with E-state index in [1.165, 1.54) is 6.42 Å². The van der Waals surface area contributed by atoms with Gasteiger partial charge >= 0.3 is 0 Å². The Morgan fingerprint density at radius 3 is 2.64 bits per heavy atom. The molecule has 1 aliphatic carbocycles. The second kappa shape index (κ2) is 4.53. The molecule has 4 rings (SSSR count). The van der Waals surface area contributed by atoms with Crippen molar-refractivity contribution < 1.29 is 0 Å². The molecule has 2 aromatic heterocycles. The SMILES string of the molecule is CN(c1cc(-c2ccccc2)nc2ncnn12)[C@H]1CC1(C)C. The normalized spacial score (nSPS) is 19.3. The van der Waals surface area contributed by atoms with Gasteiger partial charge in [0.05, 0.1) is 5.69 Å². The molecule has 5 heteroatoms. The van der Waals surface area contributed by atoms with Gasteiger partial charge in [0.25, 0.3) is 5.78 Å². The van der Waals surface area contributed by atoms with Crippen LogP contribution in [-0.2, 0) is 0 Å². The Balaban J connectivity index is 1.85. The van der Waals surface area contributed by atoms with Crippen LogP contribution in [0.25, 0.3) is 17.0 Å². The summed E-state index contributed by atoms with van der Waals surface area (Å²) >= 11 is 0. The van der Waals surface area contributed by atoms with E-state index >= 15 is 0 Å². The summed E-state index contributed by atoms with van der Waals surface area (Å²) in [6, 6.07) is 12.8. The van der Waals surface area contributed by atoms with Crippen LogP contribution in [0.5, 0.6) is 0 Å². The quantitative estimate of drug-likeness (QED) is 0.744. The van der Waals surface area contributed by atoms with Crippen molar-refractivity contribution in [3.05, 3.63) is 42.7 Å². The molecule has 0 aliphatic heterocycles. The van der Waals surface area contributed by atoms with Crippen molar-refractivity contribution in [3.8, 4) is 11.3 Å². The van der Waals surface area contributed by atoms with E-state index in [2.05, 4.69) is 59.1 Å². The zero-order valence-corrected chi connectivity index (χ0v) is 13.1. The Morgan fingerprint density at radius 2 is 1.95 bits per heavy atom. The number of hydrogen-bond donors (Lipinski definition) is 0. The molecule has 3 aromatic rings. The van der Waals surface area contributed by atoms with E-state index in [0.717, 1.165) is 17.1 Å². The highest BCUT2D eigenvalue weighted by atomic mass is 15.4. The maximum atomic E-state index is 4.63. The molecule has 2 heterocycles. The maximum absolute atomic E-state index is 4.63. The second-order valence-corrected chi connectivity index (χ2v) is 6.66. The zero-order valence-electron chi connectivity index (χ0n) is 13.1. The number of hydrogen-bond acceptors (Lipinski definition) is 4. The van der Waals surface area contributed by atoms with Crippen LogP contribution in [0.15, 0.2) is 42.7 Å². The number of fused-ring (bicyclic) bond motifs is 1. The van der Waals surface area contributed by atoms with Gasteiger partial charge in [-0.2, -0.15) is 14.6 Å². The number of benzene rings is 1. The van der Waals surface area contributed by atoms with Crippen LogP contribution in [0.2, 0.25) is 0 Å². The molecule has 1 fully saturated rings. The summed E-state index contributed by atoms with van der Waals surface area (Å²) in [5.41, 5.74) is 2.39. The summed E-state index contributed by atoms with van der Waals surface area (Å²) in [4.78, 5) is 11.2. The van der Waals surface area contributed by atoms with E-state index in [4.69, 9.17) is 0 Å². The Kier molecular flexibility index (Phi) is 2.73. The second-order valence-electron chi connectivity index (χ2n) is 6.66. The molecule has 1 aliphatic rings. The lowest BCUT2D eigenvalue weighted by Gasteiger charge is -2.22. The van der Waals surface area contributed by atoms with Gasteiger partial charge in [-0.1, -0.05) is 44.2 Å². The lowest BCUT2D eigenvalue weighted by molar-refractivity contribution is 0.599. The fourth-order valence-electron chi connectivity index (χ4n) is 3.06. The molecule has 0 radical (unpaired) electrons. The first-order valence-electron chi connectivity index (χ1n) is 7.55. The summed E-state index contributed by atoms with van der Waals surface area (Å²) < 4.78 is 1.82. The maximum Gasteiger partial charge on any atom is 0.254 e. The Labute approximate surface area is 129 Å². The molecule has 1 aromatic carbocycles. The van der Waals surface area contributed by atoms with Crippen molar-refractivity contribution in [3.63, 3.8) is 0 Å². The molecule has 0 unspecified atom stereocenters. The third kappa shape index (κ3) is 2.04. The van der Waals surface area contributed by atoms with Gasteiger partial charge in [-0.3, -0.25) is 0 Å². The van der Waals surface area contributed by atoms with Crippen LogP contribution in [0.3, 0.4) is 0 Å². The first kappa shape index (κ1) is 13.2. The minimum absolute atomic E-state index is 0.359. The highest BCUT2D eigenvalue weighted by molar-refractivity contribution is 5.66. The minimum Gasteiger partial charge on any atom is -0.356 e. The third-order valence-electron chi connectivity index (χ3n) is 4.59. The van der Waals surface area contributed by atoms with E-state index in [1.54, 1.807) is 6.33 Å². The van der Waals surface area contributed by atoms with Gasteiger partial charge in [0.2, 0.25) is 0 Å². The zero-order chi connectivity index (χ0) is 15.3. The van der Waals surface area contributed by atoms with Crippen molar-refractivity contribution in [2.75, 3.05) is 11.9 Å². The van der Waals surface area contributed by atoms with Crippen molar-refractivity contribution >= 4 is 11.6 Å². The standard InChI is InChI=1S/C17H19N5/c1-17(2)10-14(17)21(3)15-9-13(12-7-5-4-6-8-12)20-16-18-11-19-22(15)16/h4-9,11,14H,10H2,1-3H3/t14-/m0/s1. The largest absolute Gasteiger partial charge is 0.356 e. The lowest BCUT2D eigenvalue weighted by atomic mass is 10.1. The minimum atomic E-state index is 0.359. The highest BCUT2D eigenvalue weighted by Crippen LogP contribution is 2.49. The molecule has 0 saturated heterocycles. The van der Waals surface area contributed by atoms with Gasteiger partial charge in [-0.15, -0.1) is 0 Å². The summed E-state index contributed by atoms with van der Waals surface area (Å²) in [6.45, 7) is 4.60. The Morgan fingerprint density at radius 1 is 1.23 bits per heavy atom. The molecule has 112 valence electrons. The Bertz CT molecular complexity index is 821. The fraction of sp³-hybridized carbons (Fsp3) is 0.353. The van der Waals surface area contributed by atoms with Crippen LogP contribution in [0.4, 0.5) is 5.82 Å². The lowest BCUT2D eigenvalue weighted by Crippen LogP contribution is -2.26.